The van der Waals surface area contributed by atoms with E-state index in [1.165, 1.54) is 19.3 Å². The van der Waals surface area contributed by atoms with Crippen molar-refractivity contribution in [2.75, 3.05) is 13.2 Å². The monoisotopic (exact) mass is 992 g/mol. The summed E-state index contributed by atoms with van der Waals surface area (Å²) in [4.78, 5) is 54.3. The summed E-state index contributed by atoms with van der Waals surface area (Å²) in [6.45, 7) is 2.66. The van der Waals surface area contributed by atoms with Gasteiger partial charge in [0, 0.05) is 12.8 Å². The fraction of sp³-hybridized carbons (Fsp3) is 0.660. The number of phosphoric ester groups is 2. The average molecular weight is 993 g/mol. The second kappa shape index (κ2) is 37.0. The van der Waals surface area contributed by atoms with Crippen molar-refractivity contribution in [3.8, 4) is 0 Å². The van der Waals surface area contributed by atoms with E-state index in [4.69, 9.17) is 28.3 Å². The Morgan fingerprint density at radius 2 is 1.04 bits per heavy atom. The molecule has 0 aliphatic heterocycles. The third-order valence-corrected chi connectivity index (χ3v) is 11.7. The minimum Gasteiger partial charge on any atom is -0.462 e. The van der Waals surface area contributed by atoms with Crippen molar-refractivity contribution in [2.24, 2.45) is 0 Å². The first-order chi connectivity index (χ1) is 31.9. The van der Waals surface area contributed by atoms with Gasteiger partial charge < -0.3 is 54.8 Å². The fourth-order valence-corrected chi connectivity index (χ4v) is 7.95. The molecule has 10 atom stereocenters. The number of hydrogen-bond donors (Lipinski definition) is 9. The minimum atomic E-state index is -5.40. The zero-order chi connectivity index (χ0) is 49.9. The highest BCUT2D eigenvalue weighted by Crippen LogP contribution is 2.49. The number of unbranched alkanes of at least 4 members (excludes halogenated alkanes) is 5. The molecule has 1 aliphatic carbocycles. The Bertz CT molecular complexity index is 1660. The molecule has 1 rings (SSSR count). The summed E-state index contributed by atoms with van der Waals surface area (Å²) in [7, 11) is -10.8. The molecule has 67 heavy (non-hydrogen) atoms. The van der Waals surface area contributed by atoms with Gasteiger partial charge in [0.05, 0.1) is 18.8 Å². The molecule has 0 spiro atoms. The zero-order valence-electron chi connectivity index (χ0n) is 39.0. The zero-order valence-corrected chi connectivity index (χ0v) is 40.8. The topological polar surface area (TPSA) is 296 Å². The Kier molecular flexibility index (Phi) is 34.3. The maximum absolute atomic E-state index is 13.0. The molecular weight excluding hydrogens is 914 g/mol. The van der Waals surface area contributed by atoms with Gasteiger partial charge in [-0.15, -0.1) is 0 Å². The van der Waals surface area contributed by atoms with Crippen LogP contribution in [0.2, 0.25) is 0 Å². The molecule has 1 aliphatic rings. The van der Waals surface area contributed by atoms with Gasteiger partial charge in [0.1, 0.15) is 43.2 Å². The molecule has 1 saturated carbocycles. The van der Waals surface area contributed by atoms with E-state index in [0.717, 1.165) is 38.5 Å². The number of rotatable bonds is 37. The number of aliphatic hydroxyl groups excluding tert-OH is 6. The number of hydrogen-bond acceptors (Lipinski definition) is 15. The number of aliphatic hydroxyl groups is 6. The van der Waals surface area contributed by atoms with Crippen molar-refractivity contribution in [3.63, 3.8) is 0 Å². The molecule has 0 amide bonds. The van der Waals surface area contributed by atoms with Crippen LogP contribution in [0.1, 0.15) is 129 Å². The van der Waals surface area contributed by atoms with E-state index in [1.54, 1.807) is 6.08 Å². The third kappa shape index (κ3) is 31.1. The molecule has 9 N–H and O–H groups in total. The van der Waals surface area contributed by atoms with Crippen LogP contribution in [0.4, 0.5) is 0 Å². The second-order valence-electron chi connectivity index (χ2n) is 16.0. The van der Waals surface area contributed by atoms with E-state index >= 15 is 0 Å². The lowest BCUT2D eigenvalue weighted by molar-refractivity contribution is -0.216. The fourth-order valence-electron chi connectivity index (χ4n) is 6.41. The Labute approximate surface area is 396 Å². The Morgan fingerprint density at radius 3 is 1.58 bits per heavy atom. The van der Waals surface area contributed by atoms with E-state index in [9.17, 15) is 54.3 Å². The van der Waals surface area contributed by atoms with Crippen LogP contribution in [-0.4, -0.2) is 125 Å². The Morgan fingerprint density at radius 1 is 0.552 bits per heavy atom. The van der Waals surface area contributed by atoms with Crippen LogP contribution in [0.25, 0.3) is 0 Å². The molecule has 5 unspecified atom stereocenters. The van der Waals surface area contributed by atoms with Gasteiger partial charge in [0.15, 0.2) is 6.10 Å². The molecule has 0 aromatic rings. The lowest BCUT2D eigenvalue weighted by Crippen LogP contribution is -2.64. The molecule has 0 heterocycles. The first kappa shape index (κ1) is 62.1. The molecule has 1 fully saturated rings. The predicted molar refractivity (Wildman–Crippen MR) is 253 cm³/mol. The van der Waals surface area contributed by atoms with Crippen molar-refractivity contribution >= 4 is 27.6 Å². The summed E-state index contributed by atoms with van der Waals surface area (Å²) in [5.41, 5.74) is 0. The lowest BCUT2D eigenvalue weighted by Gasteiger charge is -2.43. The van der Waals surface area contributed by atoms with E-state index in [-0.39, 0.29) is 32.1 Å². The summed E-state index contributed by atoms with van der Waals surface area (Å²) < 4.78 is 49.1. The summed E-state index contributed by atoms with van der Waals surface area (Å²) in [6, 6.07) is 0. The molecule has 0 radical (unpaired) electrons. The molecule has 384 valence electrons. The van der Waals surface area contributed by atoms with Crippen molar-refractivity contribution in [1.29, 1.82) is 0 Å². The van der Waals surface area contributed by atoms with Gasteiger partial charge in [-0.05, 0) is 89.9 Å². The van der Waals surface area contributed by atoms with Crippen LogP contribution in [-0.2, 0) is 41.8 Å². The van der Waals surface area contributed by atoms with Crippen LogP contribution in [0.15, 0.2) is 85.1 Å². The lowest BCUT2D eigenvalue weighted by atomic mass is 9.85. The van der Waals surface area contributed by atoms with Gasteiger partial charge in [-0.25, -0.2) is 9.13 Å². The number of allylic oxidation sites excluding steroid dienone is 13. The highest BCUT2D eigenvalue weighted by atomic mass is 31.2. The highest BCUT2D eigenvalue weighted by Gasteiger charge is 2.54. The van der Waals surface area contributed by atoms with Gasteiger partial charge in [0.2, 0.25) is 0 Å². The van der Waals surface area contributed by atoms with E-state index in [0.29, 0.717) is 25.7 Å². The number of phosphoric acid groups is 2. The third-order valence-electron chi connectivity index (χ3n) is 10.2. The normalized spacial score (nSPS) is 23.1. The molecule has 18 nitrogen and oxygen atoms in total. The maximum Gasteiger partial charge on any atom is 0.472 e. The van der Waals surface area contributed by atoms with Crippen LogP contribution >= 0.6 is 15.6 Å². The first-order valence-electron chi connectivity index (χ1n) is 23.3. The van der Waals surface area contributed by atoms with Crippen LogP contribution in [0.5, 0.6) is 0 Å². The standard InChI is InChI=1S/C47H78O18P2/c1-3-5-7-9-11-13-15-17-18-19-21-23-25-27-29-33-41(51)63-37(36-62-67(59,60)65-47-44(54)42(52)43(53)46(45(47)55)64-66(56,57)58)35-61-40(50)34-30-32-39(49)38(48)31-28-26-24-22-20-16-14-12-10-8-6-4-2/h6,8,11-14,17-18,20-23,26,28,37-39,42-49,52-55H,3-5,7,9-10,15-16,19,24-25,27,29-36H2,1-2H3,(H,59,60)(H2,56,57,58)/b8-6-,13-11-,14-12-,18-17-,22-20-,23-21-,28-26-/t37-,38+,39+,42?,43?,44?,45?,46-,47+/m1/s1. The number of esters is 2. The number of carbonyl (C=O) groups is 2. The second-order valence-corrected chi connectivity index (χ2v) is 18.6. The van der Waals surface area contributed by atoms with Gasteiger partial charge in [-0.2, -0.15) is 0 Å². The van der Waals surface area contributed by atoms with Crippen LogP contribution in [0, 0.1) is 0 Å². The summed E-state index contributed by atoms with van der Waals surface area (Å²) in [5, 5.41) is 62.0. The smallest absolute Gasteiger partial charge is 0.462 e. The van der Waals surface area contributed by atoms with Crippen molar-refractivity contribution < 1.29 is 87.1 Å². The van der Waals surface area contributed by atoms with E-state index in [2.05, 4.69) is 67.0 Å². The summed E-state index contributed by atoms with van der Waals surface area (Å²) in [6.07, 6.45) is 22.8. The summed E-state index contributed by atoms with van der Waals surface area (Å²) >= 11 is 0. The molecule has 0 aromatic heterocycles. The van der Waals surface area contributed by atoms with Crippen molar-refractivity contribution in [2.45, 2.75) is 184 Å². The van der Waals surface area contributed by atoms with Gasteiger partial charge >= 0.3 is 27.6 Å². The van der Waals surface area contributed by atoms with Crippen LogP contribution in [0.3, 0.4) is 0 Å². The SMILES string of the molecule is CC/C=C\C/C=C\C/C=C\C/C=C\C[C@H](O)[C@@H](O)CCCC(=O)OC[C@H](COP(=O)(O)O[C@H]1C(O)C(O)C(O)[C@@H](OP(=O)(O)O)C1O)OC(=O)CCCC/C=C\C/C=C\C/C=C\CCCCC. The van der Waals surface area contributed by atoms with Gasteiger partial charge in [-0.1, -0.05) is 112 Å². The van der Waals surface area contributed by atoms with Crippen molar-refractivity contribution in [3.05, 3.63) is 85.1 Å². The Balaban J connectivity index is 2.74. The largest absolute Gasteiger partial charge is 0.472 e. The molecule has 0 aromatic carbocycles. The number of ether oxygens (including phenoxy) is 2. The summed E-state index contributed by atoms with van der Waals surface area (Å²) in [5.74, 6) is -1.55. The molecule has 0 saturated heterocycles. The van der Waals surface area contributed by atoms with Crippen LogP contribution < -0.4 is 0 Å². The average Bonchev–Trinajstić information content (AvgIpc) is 3.28. The van der Waals surface area contributed by atoms with E-state index in [1.807, 2.05) is 30.4 Å². The van der Waals surface area contributed by atoms with Gasteiger partial charge in [-0.3, -0.25) is 23.2 Å². The van der Waals surface area contributed by atoms with E-state index < -0.39 is 95.7 Å². The van der Waals surface area contributed by atoms with Gasteiger partial charge in [0.25, 0.3) is 0 Å². The predicted octanol–water partition coefficient (Wildman–Crippen LogP) is 6.56. The Hall–Kier alpha value is -2.90. The minimum absolute atomic E-state index is 0.0593. The van der Waals surface area contributed by atoms with Crippen molar-refractivity contribution in [1.82, 2.24) is 0 Å². The highest BCUT2D eigenvalue weighted by molar-refractivity contribution is 7.47. The maximum atomic E-state index is 13.0. The molecule has 20 heteroatoms. The number of carbonyl (C=O) groups excluding carboxylic acids is 2. The molecule has 0 bridgehead atoms. The molecular formula is C47H78O18P2. The first-order valence-corrected chi connectivity index (χ1v) is 26.3. The quantitative estimate of drug-likeness (QED) is 0.0138.